The number of imidazole rings is 1. The van der Waals surface area contributed by atoms with Crippen molar-refractivity contribution >= 4 is 28.2 Å². The maximum absolute atomic E-state index is 12.4. The minimum absolute atomic E-state index is 0.0767. The molecular formula is C22H23N5OS. The number of carbonyl (C=O) groups is 1. The Morgan fingerprint density at radius 2 is 2.03 bits per heavy atom. The first-order chi connectivity index (χ1) is 14.2. The molecule has 0 fully saturated rings. The summed E-state index contributed by atoms with van der Waals surface area (Å²) < 4.78 is 0. The molecule has 3 heterocycles. The molecule has 0 unspecified atom stereocenters. The molecule has 7 heteroatoms. The van der Waals surface area contributed by atoms with Gasteiger partial charge in [-0.05, 0) is 37.1 Å². The van der Waals surface area contributed by atoms with E-state index >= 15 is 0 Å². The topological polar surface area (TPSA) is 83.6 Å². The molecule has 1 aromatic carbocycles. The number of carbonyl (C=O) groups excluding carboxylic acids is 1. The lowest BCUT2D eigenvalue weighted by atomic mass is 10.1. The highest BCUT2D eigenvalue weighted by Gasteiger charge is 2.12. The average molecular weight is 406 g/mol. The molecule has 0 atom stereocenters. The number of rotatable bonds is 9. The molecule has 0 bridgehead atoms. The van der Waals surface area contributed by atoms with Crippen LogP contribution in [0.15, 0.2) is 48.0 Å². The number of pyridine rings is 1. The van der Waals surface area contributed by atoms with Crippen molar-refractivity contribution < 1.29 is 4.79 Å². The summed E-state index contributed by atoms with van der Waals surface area (Å²) in [6.07, 6.45) is 3.65. The van der Waals surface area contributed by atoms with Crippen molar-refractivity contribution in [3.63, 3.8) is 0 Å². The highest BCUT2D eigenvalue weighted by molar-refractivity contribution is 7.09. The number of hydrogen-bond acceptors (Lipinski definition) is 6. The van der Waals surface area contributed by atoms with Gasteiger partial charge in [0, 0.05) is 36.7 Å². The van der Waals surface area contributed by atoms with Gasteiger partial charge in [-0.15, -0.1) is 11.3 Å². The third-order valence-corrected chi connectivity index (χ3v) is 5.70. The average Bonchev–Trinajstić information content (AvgIpc) is 3.37. The number of aromatic nitrogens is 4. The van der Waals surface area contributed by atoms with E-state index in [4.69, 9.17) is 0 Å². The second-order valence-corrected chi connectivity index (χ2v) is 7.89. The number of thiazole rings is 1. The SMILES string of the molecule is Cc1cccnc1CCC(=O)c1csc(CCNCc2nc3ccccc3[nH]2)n1. The van der Waals surface area contributed by atoms with Gasteiger partial charge in [-0.2, -0.15) is 0 Å². The largest absolute Gasteiger partial charge is 0.341 e. The fourth-order valence-corrected chi connectivity index (χ4v) is 3.99. The standard InChI is InChI=1S/C22H23N5OS/c1-15-5-4-11-24-16(15)8-9-20(28)19-14-29-22(27-19)10-12-23-13-21-25-17-6-2-3-7-18(17)26-21/h2-7,11,14,23H,8-10,12-13H2,1H3,(H,25,26). The predicted octanol–water partition coefficient (Wildman–Crippen LogP) is 3.87. The van der Waals surface area contributed by atoms with Gasteiger partial charge in [0.2, 0.25) is 0 Å². The van der Waals surface area contributed by atoms with Crippen LogP contribution in [0.3, 0.4) is 0 Å². The number of hydrogen-bond donors (Lipinski definition) is 2. The second-order valence-electron chi connectivity index (χ2n) is 6.94. The Balaban J connectivity index is 1.23. The van der Waals surface area contributed by atoms with E-state index in [1.54, 1.807) is 17.5 Å². The smallest absolute Gasteiger partial charge is 0.182 e. The summed E-state index contributed by atoms with van der Waals surface area (Å²) in [5.41, 5.74) is 4.69. The van der Waals surface area contributed by atoms with Gasteiger partial charge in [0.1, 0.15) is 11.5 Å². The van der Waals surface area contributed by atoms with Crippen molar-refractivity contribution in [2.24, 2.45) is 0 Å². The Hall–Kier alpha value is -2.90. The molecule has 3 aromatic heterocycles. The Kier molecular flexibility index (Phi) is 6.07. The van der Waals surface area contributed by atoms with Crippen molar-refractivity contribution in [2.45, 2.75) is 32.7 Å². The minimum Gasteiger partial charge on any atom is -0.341 e. The summed E-state index contributed by atoms with van der Waals surface area (Å²) in [4.78, 5) is 29.2. The third-order valence-electron chi connectivity index (χ3n) is 4.79. The summed E-state index contributed by atoms with van der Waals surface area (Å²) in [6, 6.07) is 11.9. The number of para-hydroxylation sites is 2. The fourth-order valence-electron chi connectivity index (χ4n) is 3.19. The molecule has 0 aliphatic carbocycles. The van der Waals surface area contributed by atoms with Crippen LogP contribution in [0.4, 0.5) is 0 Å². The molecule has 29 heavy (non-hydrogen) atoms. The molecular weight excluding hydrogens is 382 g/mol. The van der Waals surface area contributed by atoms with Gasteiger partial charge in [0.15, 0.2) is 5.78 Å². The molecule has 2 N–H and O–H groups in total. The van der Waals surface area contributed by atoms with Gasteiger partial charge in [-0.1, -0.05) is 18.2 Å². The highest BCUT2D eigenvalue weighted by Crippen LogP contribution is 2.14. The molecule has 0 amide bonds. The number of nitrogens with zero attached hydrogens (tertiary/aromatic N) is 3. The monoisotopic (exact) mass is 405 g/mol. The van der Waals surface area contributed by atoms with Crippen LogP contribution in [0.1, 0.15) is 39.0 Å². The van der Waals surface area contributed by atoms with Crippen molar-refractivity contribution in [2.75, 3.05) is 6.54 Å². The zero-order valence-electron chi connectivity index (χ0n) is 16.3. The van der Waals surface area contributed by atoms with Gasteiger partial charge in [0.25, 0.3) is 0 Å². The van der Waals surface area contributed by atoms with Gasteiger partial charge in [-0.3, -0.25) is 9.78 Å². The van der Waals surface area contributed by atoms with Crippen LogP contribution in [0.25, 0.3) is 11.0 Å². The first-order valence-corrected chi connectivity index (χ1v) is 10.6. The number of aryl methyl sites for hydroxylation is 2. The van der Waals surface area contributed by atoms with Gasteiger partial charge >= 0.3 is 0 Å². The zero-order chi connectivity index (χ0) is 20.1. The first kappa shape index (κ1) is 19.4. The summed E-state index contributed by atoms with van der Waals surface area (Å²) >= 11 is 1.54. The first-order valence-electron chi connectivity index (χ1n) is 9.71. The minimum atomic E-state index is 0.0767. The Morgan fingerprint density at radius 3 is 2.90 bits per heavy atom. The van der Waals surface area contributed by atoms with E-state index in [-0.39, 0.29) is 5.78 Å². The van der Waals surface area contributed by atoms with Crippen LogP contribution >= 0.6 is 11.3 Å². The quantitative estimate of drug-likeness (QED) is 0.326. The molecule has 0 aliphatic heterocycles. The lowest BCUT2D eigenvalue weighted by Gasteiger charge is -2.02. The summed E-state index contributed by atoms with van der Waals surface area (Å²) in [5, 5.41) is 6.22. The number of benzene rings is 1. The summed E-state index contributed by atoms with van der Waals surface area (Å²) in [7, 11) is 0. The van der Waals surface area contributed by atoms with Crippen LogP contribution in [0.5, 0.6) is 0 Å². The Bertz CT molecular complexity index is 1080. The lowest BCUT2D eigenvalue weighted by molar-refractivity contribution is 0.0978. The van der Waals surface area contributed by atoms with E-state index in [1.807, 2.05) is 48.7 Å². The number of fused-ring (bicyclic) bond motifs is 1. The molecule has 148 valence electrons. The van der Waals surface area contributed by atoms with Gasteiger partial charge < -0.3 is 10.3 Å². The van der Waals surface area contributed by atoms with E-state index in [1.165, 1.54) is 0 Å². The maximum Gasteiger partial charge on any atom is 0.182 e. The van der Waals surface area contributed by atoms with Crippen LogP contribution < -0.4 is 5.32 Å². The predicted molar refractivity (Wildman–Crippen MR) is 115 cm³/mol. The van der Waals surface area contributed by atoms with E-state index in [9.17, 15) is 4.79 Å². The fraction of sp³-hybridized carbons (Fsp3) is 0.273. The van der Waals surface area contributed by atoms with E-state index in [2.05, 4.69) is 25.3 Å². The van der Waals surface area contributed by atoms with Crippen molar-refractivity contribution in [1.29, 1.82) is 0 Å². The lowest BCUT2D eigenvalue weighted by Crippen LogP contribution is -2.17. The molecule has 4 aromatic rings. The van der Waals surface area contributed by atoms with E-state index < -0.39 is 0 Å². The van der Waals surface area contributed by atoms with E-state index in [0.29, 0.717) is 25.1 Å². The van der Waals surface area contributed by atoms with Gasteiger partial charge in [-0.25, -0.2) is 9.97 Å². The van der Waals surface area contributed by atoms with Crippen molar-refractivity contribution in [1.82, 2.24) is 25.3 Å². The zero-order valence-corrected chi connectivity index (χ0v) is 17.1. The molecule has 0 saturated heterocycles. The molecule has 0 aliphatic rings. The van der Waals surface area contributed by atoms with E-state index in [0.717, 1.165) is 46.1 Å². The number of nitrogens with one attached hydrogen (secondary N) is 2. The van der Waals surface area contributed by atoms with Crippen LogP contribution in [0.2, 0.25) is 0 Å². The Labute approximate surface area is 173 Å². The molecule has 0 saturated carbocycles. The van der Waals surface area contributed by atoms with Crippen LogP contribution in [-0.4, -0.2) is 32.3 Å². The molecule has 0 radical (unpaired) electrons. The normalized spacial score (nSPS) is 11.2. The van der Waals surface area contributed by atoms with Crippen LogP contribution in [-0.2, 0) is 19.4 Å². The highest BCUT2D eigenvalue weighted by atomic mass is 32.1. The molecule has 6 nitrogen and oxygen atoms in total. The number of Topliss-reactive ketones (excluding diaryl/α,β-unsaturated/α-hetero) is 1. The molecule has 0 spiro atoms. The Morgan fingerprint density at radius 1 is 1.14 bits per heavy atom. The van der Waals surface area contributed by atoms with Crippen LogP contribution in [0, 0.1) is 6.92 Å². The number of ketones is 1. The third kappa shape index (κ3) is 4.93. The van der Waals surface area contributed by atoms with Crippen molar-refractivity contribution in [3.8, 4) is 0 Å². The van der Waals surface area contributed by atoms with Crippen molar-refractivity contribution in [3.05, 3.63) is 75.8 Å². The summed E-state index contributed by atoms with van der Waals surface area (Å²) in [5.74, 6) is 0.999. The number of aromatic amines is 1. The second kappa shape index (κ2) is 9.07. The van der Waals surface area contributed by atoms with Gasteiger partial charge in [0.05, 0.1) is 22.6 Å². The maximum atomic E-state index is 12.4. The number of H-pyrrole nitrogens is 1. The summed E-state index contributed by atoms with van der Waals surface area (Å²) in [6.45, 7) is 3.48. The molecule has 4 rings (SSSR count).